The van der Waals surface area contributed by atoms with Gasteiger partial charge in [-0.25, -0.2) is 4.98 Å². The van der Waals surface area contributed by atoms with E-state index in [4.69, 9.17) is 4.74 Å². The maximum absolute atomic E-state index is 13.0. The van der Waals surface area contributed by atoms with Crippen LogP contribution in [-0.2, 0) is 33.7 Å². The first-order valence-corrected chi connectivity index (χ1v) is 10.6. The molecule has 1 fully saturated rings. The summed E-state index contributed by atoms with van der Waals surface area (Å²) in [5.41, 5.74) is 1.02. The number of hydrogen-bond acceptors (Lipinski definition) is 6. The Hall–Kier alpha value is -2.22. The summed E-state index contributed by atoms with van der Waals surface area (Å²) in [5.74, 6) is 0.172. The molecule has 4 rings (SSSR count). The van der Waals surface area contributed by atoms with Crippen molar-refractivity contribution in [3.8, 4) is 0 Å². The number of thiophene rings is 1. The number of carbonyl (C=O) groups excluding carboxylic acids is 2. The number of aryl methyl sites for hydroxylation is 1. The third-order valence-corrected chi connectivity index (χ3v) is 7.13. The van der Waals surface area contributed by atoms with Crippen molar-refractivity contribution in [2.75, 3.05) is 20.2 Å². The Morgan fingerprint density at radius 2 is 2.04 bits per heavy atom. The number of fused-ring (bicyclic) bond motifs is 3. The maximum Gasteiger partial charge on any atom is 0.308 e. The minimum atomic E-state index is -0.213. The van der Waals surface area contributed by atoms with Crippen LogP contribution in [0.15, 0.2) is 11.1 Å². The van der Waals surface area contributed by atoms with Gasteiger partial charge in [0, 0.05) is 18.0 Å². The first-order valence-electron chi connectivity index (χ1n) is 9.83. The second-order valence-corrected chi connectivity index (χ2v) is 8.97. The Labute approximate surface area is 167 Å². The molecule has 1 atom stereocenters. The molecule has 2 aromatic rings. The van der Waals surface area contributed by atoms with Crippen LogP contribution in [0.25, 0.3) is 10.2 Å². The Bertz CT molecular complexity index is 972. The molecule has 3 heterocycles. The van der Waals surface area contributed by atoms with Gasteiger partial charge < -0.3 is 9.64 Å². The first kappa shape index (κ1) is 19.1. The largest absolute Gasteiger partial charge is 0.469 e. The summed E-state index contributed by atoms with van der Waals surface area (Å²) >= 11 is 1.61. The number of piperidine rings is 1. The Kier molecular flexibility index (Phi) is 5.23. The highest BCUT2D eigenvalue weighted by atomic mass is 32.1. The number of ether oxygens (including phenoxy) is 1. The molecular weight excluding hydrogens is 378 g/mol. The van der Waals surface area contributed by atoms with Gasteiger partial charge in [-0.15, -0.1) is 11.3 Å². The molecular formula is C20H25N3O4S. The lowest BCUT2D eigenvalue weighted by atomic mass is 9.89. The van der Waals surface area contributed by atoms with E-state index < -0.39 is 0 Å². The fourth-order valence-corrected chi connectivity index (χ4v) is 5.60. The number of carbonyl (C=O) groups is 2. The van der Waals surface area contributed by atoms with Gasteiger partial charge in [-0.3, -0.25) is 19.0 Å². The number of amides is 1. The number of likely N-dealkylation sites (tertiary alicyclic amines) is 1. The zero-order chi connectivity index (χ0) is 19.8. The summed E-state index contributed by atoms with van der Waals surface area (Å²) < 4.78 is 6.22. The van der Waals surface area contributed by atoms with E-state index in [0.29, 0.717) is 37.2 Å². The van der Waals surface area contributed by atoms with Gasteiger partial charge in [0.05, 0.1) is 24.7 Å². The minimum Gasteiger partial charge on any atom is -0.469 e. The predicted octanol–water partition coefficient (Wildman–Crippen LogP) is 1.99. The summed E-state index contributed by atoms with van der Waals surface area (Å²) in [5, 5.41) is 0.701. The van der Waals surface area contributed by atoms with Crippen LogP contribution >= 0.6 is 11.3 Å². The van der Waals surface area contributed by atoms with Crippen molar-refractivity contribution < 1.29 is 14.3 Å². The van der Waals surface area contributed by atoms with Gasteiger partial charge >= 0.3 is 5.97 Å². The molecule has 0 aromatic carbocycles. The molecule has 1 aliphatic heterocycles. The minimum absolute atomic E-state index is 0.00825. The van der Waals surface area contributed by atoms with Crippen molar-refractivity contribution in [3.63, 3.8) is 0 Å². The molecule has 1 aliphatic carbocycles. The summed E-state index contributed by atoms with van der Waals surface area (Å²) in [6.45, 7) is 3.25. The lowest BCUT2D eigenvalue weighted by molar-refractivity contribution is -0.149. The van der Waals surface area contributed by atoms with Gasteiger partial charge in [-0.05, 0) is 43.6 Å². The molecule has 0 spiro atoms. The van der Waals surface area contributed by atoms with Gasteiger partial charge in [0.25, 0.3) is 5.56 Å². The van der Waals surface area contributed by atoms with Crippen molar-refractivity contribution in [3.05, 3.63) is 27.1 Å². The maximum atomic E-state index is 13.0. The predicted molar refractivity (Wildman–Crippen MR) is 106 cm³/mol. The standard InChI is InChI=1S/C20H25N3O4S/c1-12-3-4-14-15(9-12)28-18-17(14)19(25)23(11-21-18)10-16(24)22-7-5-13(6-8-22)20(26)27-2/h11-13H,3-10H2,1-2H3/t12-/m0/s1. The van der Waals surface area contributed by atoms with Crippen molar-refractivity contribution in [2.24, 2.45) is 11.8 Å². The van der Waals surface area contributed by atoms with Crippen LogP contribution in [0, 0.1) is 11.8 Å². The molecule has 28 heavy (non-hydrogen) atoms. The fraction of sp³-hybridized carbons (Fsp3) is 0.600. The molecule has 1 saturated heterocycles. The average Bonchev–Trinajstić information content (AvgIpc) is 3.07. The van der Waals surface area contributed by atoms with Crippen LogP contribution in [0.5, 0.6) is 0 Å². The number of rotatable bonds is 3. The van der Waals surface area contributed by atoms with E-state index in [-0.39, 0.29) is 29.9 Å². The molecule has 0 unspecified atom stereocenters. The highest BCUT2D eigenvalue weighted by Crippen LogP contribution is 2.35. The van der Waals surface area contributed by atoms with Crippen LogP contribution in [0.1, 0.15) is 36.6 Å². The molecule has 0 radical (unpaired) electrons. The summed E-state index contributed by atoms with van der Waals surface area (Å²) in [4.78, 5) is 45.6. The van der Waals surface area contributed by atoms with E-state index in [1.807, 2.05) is 0 Å². The zero-order valence-corrected chi connectivity index (χ0v) is 17.1. The van der Waals surface area contributed by atoms with Gasteiger partial charge in [0.15, 0.2) is 0 Å². The molecule has 0 bridgehead atoms. The third-order valence-electron chi connectivity index (χ3n) is 5.97. The lowest BCUT2D eigenvalue weighted by Crippen LogP contribution is -2.43. The number of esters is 1. The number of aromatic nitrogens is 2. The Morgan fingerprint density at radius 1 is 1.29 bits per heavy atom. The quantitative estimate of drug-likeness (QED) is 0.732. The second kappa shape index (κ2) is 7.66. The Morgan fingerprint density at radius 3 is 2.75 bits per heavy atom. The summed E-state index contributed by atoms with van der Waals surface area (Å²) in [6, 6.07) is 0. The average molecular weight is 404 g/mol. The summed E-state index contributed by atoms with van der Waals surface area (Å²) in [7, 11) is 1.39. The normalized spacial score (nSPS) is 20.2. The van der Waals surface area contributed by atoms with Gasteiger partial charge in [0.1, 0.15) is 11.4 Å². The van der Waals surface area contributed by atoms with Crippen LogP contribution in [0.4, 0.5) is 0 Å². The molecule has 2 aromatic heterocycles. The van der Waals surface area contributed by atoms with E-state index in [0.717, 1.165) is 29.7 Å². The lowest BCUT2D eigenvalue weighted by Gasteiger charge is -2.30. The van der Waals surface area contributed by atoms with Gasteiger partial charge in [-0.1, -0.05) is 6.92 Å². The summed E-state index contributed by atoms with van der Waals surface area (Å²) in [6.07, 6.45) is 5.69. The van der Waals surface area contributed by atoms with Crippen molar-refractivity contribution in [1.29, 1.82) is 0 Å². The third kappa shape index (κ3) is 3.45. The zero-order valence-electron chi connectivity index (χ0n) is 16.3. The molecule has 1 amide bonds. The van der Waals surface area contributed by atoms with Crippen molar-refractivity contribution in [2.45, 2.75) is 45.6 Å². The monoisotopic (exact) mass is 403 g/mol. The Balaban J connectivity index is 1.51. The second-order valence-electron chi connectivity index (χ2n) is 7.89. The smallest absolute Gasteiger partial charge is 0.308 e. The molecule has 8 heteroatoms. The number of hydrogen-bond donors (Lipinski definition) is 0. The highest BCUT2D eigenvalue weighted by molar-refractivity contribution is 7.18. The highest BCUT2D eigenvalue weighted by Gasteiger charge is 2.28. The molecule has 0 N–H and O–H groups in total. The SMILES string of the molecule is COC(=O)C1CCN(C(=O)Cn2cnc3sc4c(c3c2=O)CC[C@H](C)C4)CC1. The molecule has 7 nitrogen and oxygen atoms in total. The van der Waals surface area contributed by atoms with Gasteiger partial charge in [-0.2, -0.15) is 0 Å². The van der Waals surface area contributed by atoms with E-state index in [1.165, 1.54) is 22.9 Å². The van der Waals surface area contributed by atoms with Crippen LogP contribution in [0.3, 0.4) is 0 Å². The van der Waals surface area contributed by atoms with Crippen molar-refractivity contribution in [1.82, 2.24) is 14.5 Å². The first-order chi connectivity index (χ1) is 13.5. The topological polar surface area (TPSA) is 81.5 Å². The van der Waals surface area contributed by atoms with E-state index >= 15 is 0 Å². The number of methoxy groups -OCH3 is 1. The molecule has 0 saturated carbocycles. The fourth-order valence-electron chi connectivity index (χ4n) is 4.26. The molecule has 150 valence electrons. The number of nitrogens with zero attached hydrogens (tertiary/aromatic N) is 3. The van der Waals surface area contributed by atoms with Crippen LogP contribution in [-0.4, -0.2) is 46.5 Å². The van der Waals surface area contributed by atoms with E-state index in [9.17, 15) is 14.4 Å². The van der Waals surface area contributed by atoms with Crippen LogP contribution < -0.4 is 5.56 Å². The van der Waals surface area contributed by atoms with Gasteiger partial charge in [0.2, 0.25) is 5.91 Å². The molecule has 2 aliphatic rings. The van der Waals surface area contributed by atoms with E-state index in [1.54, 1.807) is 16.2 Å². The van der Waals surface area contributed by atoms with Crippen molar-refractivity contribution >= 4 is 33.4 Å². The van der Waals surface area contributed by atoms with E-state index in [2.05, 4.69) is 11.9 Å². The van der Waals surface area contributed by atoms with Crippen LogP contribution in [0.2, 0.25) is 0 Å².